The highest BCUT2D eigenvalue weighted by Gasteiger charge is 2.25. The lowest BCUT2D eigenvalue weighted by atomic mass is 9.96. The molecule has 1 amide bonds. The lowest BCUT2D eigenvalue weighted by molar-refractivity contribution is 0.0600. The second kappa shape index (κ2) is 10.1. The Labute approximate surface area is 183 Å². The third-order valence-electron chi connectivity index (χ3n) is 5.54. The van der Waals surface area contributed by atoms with Crippen molar-refractivity contribution >= 4 is 11.9 Å². The van der Waals surface area contributed by atoms with Crippen LogP contribution in [0.2, 0.25) is 0 Å². The number of carbonyl (C=O) groups is 2. The topological polar surface area (TPSA) is 87.2 Å². The summed E-state index contributed by atoms with van der Waals surface area (Å²) in [6, 6.07) is 12.9. The zero-order valence-electron chi connectivity index (χ0n) is 18.4. The van der Waals surface area contributed by atoms with Crippen LogP contribution in [0, 0.1) is 6.92 Å². The number of methoxy groups -OCH3 is 1. The van der Waals surface area contributed by atoms with Gasteiger partial charge in [-0.05, 0) is 49.6 Å². The van der Waals surface area contributed by atoms with E-state index in [1.165, 1.54) is 7.11 Å². The Bertz CT molecular complexity index is 1050. The number of nitrogens with zero attached hydrogens (tertiary/aromatic N) is 2. The Morgan fingerprint density at radius 3 is 2.42 bits per heavy atom. The van der Waals surface area contributed by atoms with Crippen LogP contribution in [0.4, 0.5) is 0 Å². The van der Waals surface area contributed by atoms with Gasteiger partial charge in [-0.2, -0.15) is 0 Å². The molecule has 2 heterocycles. The van der Waals surface area contributed by atoms with Crippen LogP contribution in [0.3, 0.4) is 0 Å². The number of unbranched alkanes of at least 4 members (excludes halogenated alkanes) is 2. The van der Waals surface area contributed by atoms with Crippen LogP contribution in [0.15, 0.2) is 48.7 Å². The molecule has 3 rings (SSSR count). The fraction of sp³-hybridized carbons (Fsp3) is 0.320. The van der Waals surface area contributed by atoms with Crippen molar-refractivity contribution in [3.8, 4) is 11.1 Å². The summed E-state index contributed by atoms with van der Waals surface area (Å²) in [5, 5.41) is 0. The van der Waals surface area contributed by atoms with Gasteiger partial charge in [-0.15, -0.1) is 0 Å². The quantitative estimate of drug-likeness (QED) is 0.408. The summed E-state index contributed by atoms with van der Waals surface area (Å²) < 4.78 is 6.95. The molecule has 1 aromatic carbocycles. The number of primary amides is 1. The molecule has 0 fully saturated rings. The van der Waals surface area contributed by atoms with Crippen molar-refractivity contribution in [2.24, 2.45) is 5.73 Å². The van der Waals surface area contributed by atoms with E-state index in [0.29, 0.717) is 17.7 Å². The number of benzene rings is 1. The zero-order valence-corrected chi connectivity index (χ0v) is 18.4. The van der Waals surface area contributed by atoms with Crippen LogP contribution in [-0.4, -0.2) is 28.5 Å². The molecule has 0 saturated heterocycles. The van der Waals surface area contributed by atoms with Gasteiger partial charge in [0.05, 0.1) is 30.5 Å². The Balaban J connectivity index is 2.16. The molecule has 6 nitrogen and oxygen atoms in total. The number of carbonyl (C=O) groups excluding carboxylic acids is 2. The second-order valence-corrected chi connectivity index (χ2v) is 7.58. The highest BCUT2D eigenvalue weighted by atomic mass is 16.5. The summed E-state index contributed by atoms with van der Waals surface area (Å²) in [6.45, 7) is 4.66. The van der Waals surface area contributed by atoms with Crippen LogP contribution < -0.4 is 5.73 Å². The third-order valence-corrected chi connectivity index (χ3v) is 5.54. The van der Waals surface area contributed by atoms with E-state index in [0.717, 1.165) is 53.9 Å². The highest BCUT2D eigenvalue weighted by molar-refractivity contribution is 6.02. The van der Waals surface area contributed by atoms with Gasteiger partial charge in [-0.25, -0.2) is 4.79 Å². The molecule has 31 heavy (non-hydrogen) atoms. The molecule has 6 heteroatoms. The maximum Gasteiger partial charge on any atom is 0.337 e. The van der Waals surface area contributed by atoms with Crippen molar-refractivity contribution < 1.29 is 14.3 Å². The summed E-state index contributed by atoms with van der Waals surface area (Å²) in [7, 11) is 1.36. The SMILES string of the molecule is CCCCCc1c(-c2ccc(C(=O)OC)cc2)c(C(N)=O)c(C)n1Cc1ccccn1. The maximum absolute atomic E-state index is 12.5. The van der Waals surface area contributed by atoms with Gasteiger partial charge in [0.15, 0.2) is 0 Å². The van der Waals surface area contributed by atoms with Gasteiger partial charge in [0.1, 0.15) is 0 Å². The largest absolute Gasteiger partial charge is 0.465 e. The van der Waals surface area contributed by atoms with Gasteiger partial charge >= 0.3 is 5.97 Å². The molecule has 0 saturated carbocycles. The van der Waals surface area contributed by atoms with Crippen molar-refractivity contribution in [1.29, 1.82) is 0 Å². The van der Waals surface area contributed by atoms with Crippen molar-refractivity contribution in [3.63, 3.8) is 0 Å². The minimum absolute atomic E-state index is 0.395. The summed E-state index contributed by atoms with van der Waals surface area (Å²) in [5.74, 6) is -0.852. The molecule has 2 aromatic heterocycles. The van der Waals surface area contributed by atoms with Crippen LogP contribution >= 0.6 is 0 Å². The van der Waals surface area contributed by atoms with E-state index in [9.17, 15) is 9.59 Å². The number of hydrogen-bond donors (Lipinski definition) is 1. The van der Waals surface area contributed by atoms with E-state index in [1.807, 2.05) is 37.3 Å². The highest BCUT2D eigenvalue weighted by Crippen LogP contribution is 2.34. The Morgan fingerprint density at radius 2 is 1.84 bits per heavy atom. The molecular formula is C25H29N3O3. The van der Waals surface area contributed by atoms with E-state index in [-0.39, 0.29) is 0 Å². The smallest absolute Gasteiger partial charge is 0.337 e. The molecule has 0 spiro atoms. The number of amides is 1. The number of aromatic nitrogens is 2. The van der Waals surface area contributed by atoms with Crippen LogP contribution in [0.1, 0.15) is 64.0 Å². The molecule has 0 radical (unpaired) electrons. The number of pyridine rings is 1. The summed E-state index contributed by atoms with van der Waals surface area (Å²) in [4.78, 5) is 28.8. The van der Waals surface area contributed by atoms with E-state index >= 15 is 0 Å². The number of hydrogen-bond acceptors (Lipinski definition) is 4. The molecule has 3 aromatic rings. The molecular weight excluding hydrogens is 390 g/mol. The first-order valence-corrected chi connectivity index (χ1v) is 10.6. The molecule has 2 N–H and O–H groups in total. The predicted molar refractivity (Wildman–Crippen MR) is 121 cm³/mol. The first-order valence-electron chi connectivity index (χ1n) is 10.6. The van der Waals surface area contributed by atoms with Crippen molar-refractivity contribution in [1.82, 2.24) is 9.55 Å². The summed E-state index contributed by atoms with van der Waals surface area (Å²) in [6.07, 6.45) is 5.80. The lowest BCUT2D eigenvalue weighted by Crippen LogP contribution is -2.14. The monoisotopic (exact) mass is 419 g/mol. The molecule has 0 bridgehead atoms. The minimum Gasteiger partial charge on any atom is -0.465 e. The molecule has 0 aliphatic heterocycles. The van der Waals surface area contributed by atoms with E-state index in [4.69, 9.17) is 10.5 Å². The van der Waals surface area contributed by atoms with E-state index < -0.39 is 11.9 Å². The Hall–Kier alpha value is -3.41. The predicted octanol–water partition coefficient (Wildman–Crippen LogP) is 4.53. The number of esters is 1. The van der Waals surface area contributed by atoms with Gasteiger partial charge < -0.3 is 15.0 Å². The fourth-order valence-corrected chi connectivity index (χ4v) is 3.97. The summed E-state index contributed by atoms with van der Waals surface area (Å²) >= 11 is 0. The number of rotatable bonds is 9. The van der Waals surface area contributed by atoms with Gasteiger partial charge in [0, 0.05) is 23.1 Å². The molecule has 0 aliphatic carbocycles. The van der Waals surface area contributed by atoms with Crippen molar-refractivity contribution in [2.45, 2.75) is 46.1 Å². The van der Waals surface area contributed by atoms with Crippen LogP contribution in [0.25, 0.3) is 11.1 Å². The second-order valence-electron chi connectivity index (χ2n) is 7.58. The van der Waals surface area contributed by atoms with Gasteiger partial charge in [0.2, 0.25) is 0 Å². The average molecular weight is 420 g/mol. The van der Waals surface area contributed by atoms with Crippen LogP contribution in [0.5, 0.6) is 0 Å². The fourth-order valence-electron chi connectivity index (χ4n) is 3.97. The third kappa shape index (κ3) is 4.85. The van der Waals surface area contributed by atoms with Gasteiger partial charge in [-0.1, -0.05) is 38.0 Å². The Morgan fingerprint density at radius 1 is 1.10 bits per heavy atom. The van der Waals surface area contributed by atoms with E-state index in [2.05, 4.69) is 16.5 Å². The zero-order chi connectivity index (χ0) is 22.4. The maximum atomic E-state index is 12.5. The molecule has 162 valence electrons. The number of nitrogens with two attached hydrogens (primary N) is 1. The number of ether oxygens (including phenoxy) is 1. The average Bonchev–Trinajstić information content (AvgIpc) is 3.06. The normalized spacial score (nSPS) is 10.8. The summed E-state index contributed by atoms with van der Waals surface area (Å²) in [5.41, 5.74) is 11.3. The minimum atomic E-state index is -0.457. The van der Waals surface area contributed by atoms with Crippen molar-refractivity contribution in [3.05, 3.63) is 76.9 Å². The lowest BCUT2D eigenvalue weighted by Gasteiger charge is -2.13. The first kappa shape index (κ1) is 22.3. The van der Waals surface area contributed by atoms with Crippen LogP contribution in [-0.2, 0) is 17.7 Å². The van der Waals surface area contributed by atoms with Gasteiger partial charge in [-0.3, -0.25) is 9.78 Å². The molecule has 0 aliphatic rings. The molecule has 0 atom stereocenters. The molecule has 0 unspecified atom stereocenters. The van der Waals surface area contributed by atoms with E-state index in [1.54, 1.807) is 18.3 Å². The van der Waals surface area contributed by atoms with Crippen molar-refractivity contribution in [2.75, 3.05) is 7.11 Å². The Kier molecular flexibility index (Phi) is 7.23. The standard InChI is InChI=1S/C25H29N3O3/c1-4-5-6-10-21-23(18-11-13-19(14-12-18)25(30)31-3)22(24(26)29)17(2)28(21)16-20-9-7-8-15-27-20/h7-9,11-15H,4-6,10,16H2,1-3H3,(H2,26,29). The first-order chi connectivity index (χ1) is 15.0. The van der Waals surface area contributed by atoms with Gasteiger partial charge in [0.25, 0.3) is 5.91 Å².